The summed E-state index contributed by atoms with van der Waals surface area (Å²) in [6.45, 7) is 9.55. The van der Waals surface area contributed by atoms with Crippen molar-refractivity contribution in [3.63, 3.8) is 0 Å². The molecule has 0 heterocycles. The third kappa shape index (κ3) is 5.94. The Labute approximate surface area is 118 Å². The number of hydrogen-bond donors (Lipinski definition) is 2. The first-order valence-corrected chi connectivity index (χ1v) is 7.91. The van der Waals surface area contributed by atoms with E-state index >= 15 is 0 Å². The van der Waals surface area contributed by atoms with E-state index in [1.165, 1.54) is 12.8 Å². The number of nitrogens with one attached hydrogen (secondary N) is 1. The van der Waals surface area contributed by atoms with Crippen molar-refractivity contribution in [2.45, 2.75) is 65.8 Å². The smallest absolute Gasteiger partial charge is 0.220 e. The van der Waals surface area contributed by atoms with Crippen molar-refractivity contribution in [1.82, 2.24) is 5.32 Å². The van der Waals surface area contributed by atoms with E-state index in [4.69, 9.17) is 5.73 Å². The first-order chi connectivity index (χ1) is 8.92. The van der Waals surface area contributed by atoms with E-state index in [9.17, 15) is 4.79 Å². The number of carbonyl (C=O) groups excluding carboxylic acids is 1. The van der Waals surface area contributed by atoms with Gasteiger partial charge in [0, 0.05) is 12.5 Å². The van der Waals surface area contributed by atoms with Gasteiger partial charge in [-0.3, -0.25) is 4.79 Å². The van der Waals surface area contributed by atoms with Gasteiger partial charge in [-0.25, -0.2) is 0 Å². The number of hydrogen-bond acceptors (Lipinski definition) is 2. The van der Waals surface area contributed by atoms with Gasteiger partial charge in [-0.15, -0.1) is 0 Å². The maximum absolute atomic E-state index is 12.1. The van der Waals surface area contributed by atoms with Crippen LogP contribution in [0, 0.1) is 23.7 Å². The predicted octanol–water partition coefficient (Wildman–Crippen LogP) is 2.94. The molecule has 1 rings (SSSR count). The Bertz CT molecular complexity index is 278. The lowest BCUT2D eigenvalue weighted by Crippen LogP contribution is -2.43. The molecule has 0 aromatic rings. The molecule has 0 saturated heterocycles. The molecule has 4 atom stereocenters. The minimum absolute atomic E-state index is 0.197. The van der Waals surface area contributed by atoms with Crippen LogP contribution in [0.4, 0.5) is 0 Å². The van der Waals surface area contributed by atoms with Crippen LogP contribution in [0.3, 0.4) is 0 Å². The zero-order valence-corrected chi connectivity index (χ0v) is 13.1. The van der Waals surface area contributed by atoms with E-state index in [2.05, 4.69) is 33.0 Å². The predicted molar refractivity (Wildman–Crippen MR) is 80.7 cm³/mol. The average molecular weight is 268 g/mol. The number of amides is 1. The van der Waals surface area contributed by atoms with Gasteiger partial charge in [-0.1, -0.05) is 27.7 Å². The largest absolute Gasteiger partial charge is 0.353 e. The van der Waals surface area contributed by atoms with E-state index in [-0.39, 0.29) is 5.91 Å². The second-order valence-corrected chi connectivity index (χ2v) is 7.00. The summed E-state index contributed by atoms with van der Waals surface area (Å²) in [4.78, 5) is 12.1. The number of nitrogens with two attached hydrogens (primary N) is 1. The minimum Gasteiger partial charge on any atom is -0.353 e. The van der Waals surface area contributed by atoms with Gasteiger partial charge in [0.05, 0.1) is 0 Å². The van der Waals surface area contributed by atoms with Gasteiger partial charge in [-0.05, 0) is 55.9 Å². The van der Waals surface area contributed by atoms with Crippen LogP contribution in [-0.4, -0.2) is 18.5 Å². The normalized spacial score (nSPS) is 29.3. The molecule has 0 aromatic carbocycles. The van der Waals surface area contributed by atoms with E-state index in [0.717, 1.165) is 18.8 Å². The number of carbonyl (C=O) groups is 1. The Hall–Kier alpha value is -0.570. The van der Waals surface area contributed by atoms with Crippen LogP contribution in [-0.2, 0) is 4.79 Å². The molecule has 4 unspecified atom stereocenters. The lowest BCUT2D eigenvalue weighted by Gasteiger charge is -2.33. The van der Waals surface area contributed by atoms with E-state index in [0.29, 0.717) is 36.8 Å². The van der Waals surface area contributed by atoms with Crippen molar-refractivity contribution in [2.75, 3.05) is 6.54 Å². The second kappa shape index (κ2) is 7.88. The van der Waals surface area contributed by atoms with Crippen molar-refractivity contribution >= 4 is 5.91 Å². The summed E-state index contributed by atoms with van der Waals surface area (Å²) in [6, 6.07) is 0.376. The molecule has 3 heteroatoms. The zero-order chi connectivity index (χ0) is 14.4. The summed E-state index contributed by atoms with van der Waals surface area (Å²) in [5.74, 6) is 2.55. The van der Waals surface area contributed by atoms with E-state index < -0.39 is 0 Å². The summed E-state index contributed by atoms with van der Waals surface area (Å²) < 4.78 is 0. The fourth-order valence-corrected chi connectivity index (χ4v) is 3.34. The van der Waals surface area contributed by atoms with Crippen LogP contribution in [0.5, 0.6) is 0 Å². The molecule has 112 valence electrons. The summed E-state index contributed by atoms with van der Waals surface area (Å²) >= 11 is 0. The molecule has 1 aliphatic rings. The highest BCUT2D eigenvalue weighted by molar-refractivity contribution is 5.76. The average Bonchev–Trinajstić information content (AvgIpc) is 2.31. The van der Waals surface area contributed by atoms with Crippen LogP contribution < -0.4 is 11.1 Å². The van der Waals surface area contributed by atoms with Gasteiger partial charge in [0.25, 0.3) is 0 Å². The van der Waals surface area contributed by atoms with Crippen molar-refractivity contribution in [2.24, 2.45) is 29.4 Å². The van der Waals surface area contributed by atoms with Gasteiger partial charge < -0.3 is 11.1 Å². The van der Waals surface area contributed by atoms with E-state index in [1.807, 2.05) is 0 Å². The van der Waals surface area contributed by atoms with Crippen molar-refractivity contribution in [3.05, 3.63) is 0 Å². The summed E-state index contributed by atoms with van der Waals surface area (Å²) in [5, 5.41) is 3.23. The van der Waals surface area contributed by atoms with Gasteiger partial charge >= 0.3 is 0 Å². The first-order valence-electron chi connectivity index (χ1n) is 7.91. The molecule has 0 spiro atoms. The Morgan fingerprint density at radius 1 is 1.32 bits per heavy atom. The Kier molecular flexibility index (Phi) is 6.84. The molecular formula is C16H32N2O. The van der Waals surface area contributed by atoms with Gasteiger partial charge in [0.2, 0.25) is 5.91 Å². The SMILES string of the molecule is CC(C)CC(CN)CC(=O)NC1CCC(C)CC1C. The number of rotatable bonds is 6. The Morgan fingerprint density at radius 2 is 2.00 bits per heavy atom. The lowest BCUT2D eigenvalue weighted by atomic mass is 9.80. The third-order valence-electron chi connectivity index (χ3n) is 4.39. The molecule has 1 saturated carbocycles. The zero-order valence-electron chi connectivity index (χ0n) is 13.1. The third-order valence-corrected chi connectivity index (χ3v) is 4.39. The standard InChI is InChI=1S/C16H32N2O/c1-11(2)7-14(10-17)9-16(19)18-15-6-5-12(3)8-13(15)4/h11-15H,5-10,17H2,1-4H3,(H,18,19). The maximum atomic E-state index is 12.1. The molecule has 0 radical (unpaired) electrons. The Balaban J connectivity index is 2.37. The Morgan fingerprint density at radius 3 is 2.53 bits per heavy atom. The van der Waals surface area contributed by atoms with Gasteiger partial charge in [-0.2, -0.15) is 0 Å². The molecule has 19 heavy (non-hydrogen) atoms. The summed E-state index contributed by atoms with van der Waals surface area (Å²) in [7, 11) is 0. The molecule has 1 aliphatic carbocycles. The highest BCUT2D eigenvalue weighted by atomic mass is 16.1. The first kappa shape index (κ1) is 16.5. The molecule has 0 aliphatic heterocycles. The monoisotopic (exact) mass is 268 g/mol. The molecule has 3 nitrogen and oxygen atoms in total. The van der Waals surface area contributed by atoms with Gasteiger partial charge in [0.15, 0.2) is 0 Å². The lowest BCUT2D eigenvalue weighted by molar-refractivity contribution is -0.123. The fourth-order valence-electron chi connectivity index (χ4n) is 3.34. The van der Waals surface area contributed by atoms with Crippen molar-refractivity contribution in [1.29, 1.82) is 0 Å². The molecule has 1 fully saturated rings. The topological polar surface area (TPSA) is 55.1 Å². The van der Waals surface area contributed by atoms with Crippen LogP contribution in [0.1, 0.15) is 59.8 Å². The molecule has 0 aromatic heterocycles. The van der Waals surface area contributed by atoms with Crippen LogP contribution in [0.25, 0.3) is 0 Å². The molecule has 3 N–H and O–H groups in total. The quantitative estimate of drug-likeness (QED) is 0.778. The minimum atomic E-state index is 0.197. The van der Waals surface area contributed by atoms with Crippen molar-refractivity contribution < 1.29 is 4.79 Å². The second-order valence-electron chi connectivity index (χ2n) is 7.00. The van der Waals surface area contributed by atoms with Crippen LogP contribution in [0.15, 0.2) is 0 Å². The molecule has 0 bridgehead atoms. The maximum Gasteiger partial charge on any atom is 0.220 e. The molecule has 1 amide bonds. The summed E-state index contributed by atoms with van der Waals surface area (Å²) in [6.07, 6.45) is 5.24. The van der Waals surface area contributed by atoms with Gasteiger partial charge in [0.1, 0.15) is 0 Å². The molecular weight excluding hydrogens is 236 g/mol. The highest BCUT2D eigenvalue weighted by Crippen LogP contribution is 2.28. The summed E-state index contributed by atoms with van der Waals surface area (Å²) in [5.41, 5.74) is 5.77. The van der Waals surface area contributed by atoms with Crippen LogP contribution >= 0.6 is 0 Å². The van der Waals surface area contributed by atoms with E-state index in [1.54, 1.807) is 0 Å². The highest BCUT2D eigenvalue weighted by Gasteiger charge is 2.27. The fraction of sp³-hybridized carbons (Fsp3) is 0.938. The van der Waals surface area contributed by atoms with Crippen LogP contribution in [0.2, 0.25) is 0 Å². The van der Waals surface area contributed by atoms with Crippen molar-refractivity contribution in [3.8, 4) is 0 Å².